The van der Waals surface area contributed by atoms with Gasteiger partial charge in [0, 0.05) is 38.9 Å². The summed E-state index contributed by atoms with van der Waals surface area (Å²) in [4.78, 5) is 19.6. The van der Waals surface area contributed by atoms with E-state index in [-0.39, 0.29) is 25.5 Å². The molecule has 1 amide bonds. The average molecular weight is 399 g/mol. The Morgan fingerprint density at radius 3 is 2.50 bits per heavy atom. The van der Waals surface area contributed by atoms with Gasteiger partial charge in [-0.25, -0.2) is 0 Å². The standard InChI is InChI=1S/C19H28F3N5O/c1-4-15-6-5-7-16(12-15)25-17(28)13-24-18(23-3)27-10-8-26(9-11-27)14(2)19(20,21)22/h5-7,12,14H,4,8-11,13H2,1-3H3,(H,23,24)(H,25,28). The maximum Gasteiger partial charge on any atom is 0.403 e. The Morgan fingerprint density at radius 1 is 1.25 bits per heavy atom. The fraction of sp³-hybridized carbons (Fsp3) is 0.579. The van der Waals surface area contributed by atoms with E-state index in [4.69, 9.17) is 0 Å². The minimum Gasteiger partial charge on any atom is -0.347 e. The third-order valence-electron chi connectivity index (χ3n) is 4.87. The zero-order valence-electron chi connectivity index (χ0n) is 16.5. The molecule has 1 heterocycles. The first kappa shape index (κ1) is 22.0. The van der Waals surface area contributed by atoms with Crippen LogP contribution in [0.3, 0.4) is 0 Å². The van der Waals surface area contributed by atoms with E-state index in [0.29, 0.717) is 19.0 Å². The number of nitrogens with zero attached hydrogens (tertiary/aromatic N) is 3. The molecule has 0 bridgehead atoms. The van der Waals surface area contributed by atoms with E-state index < -0.39 is 12.2 Å². The summed E-state index contributed by atoms with van der Waals surface area (Å²) in [6, 6.07) is 6.17. The summed E-state index contributed by atoms with van der Waals surface area (Å²) in [6.07, 6.45) is -3.34. The van der Waals surface area contributed by atoms with Gasteiger partial charge in [-0.05, 0) is 31.0 Å². The highest BCUT2D eigenvalue weighted by Gasteiger charge is 2.41. The largest absolute Gasteiger partial charge is 0.403 e. The summed E-state index contributed by atoms with van der Waals surface area (Å²) in [5, 5.41) is 5.81. The first-order chi connectivity index (χ1) is 13.2. The molecular formula is C19H28F3N5O. The van der Waals surface area contributed by atoms with Crippen molar-refractivity contribution >= 4 is 17.6 Å². The quantitative estimate of drug-likeness (QED) is 0.589. The molecule has 1 aromatic carbocycles. The molecule has 6 nitrogen and oxygen atoms in total. The topological polar surface area (TPSA) is 60.0 Å². The van der Waals surface area contributed by atoms with Crippen LogP contribution in [-0.2, 0) is 11.2 Å². The lowest BCUT2D eigenvalue weighted by atomic mass is 10.1. The van der Waals surface area contributed by atoms with E-state index in [1.165, 1.54) is 11.8 Å². The Labute approximate surface area is 163 Å². The third kappa shape index (κ3) is 6.12. The molecule has 0 aliphatic carbocycles. The van der Waals surface area contributed by atoms with Crippen molar-refractivity contribution < 1.29 is 18.0 Å². The van der Waals surface area contributed by atoms with Crippen LogP contribution < -0.4 is 10.6 Å². The van der Waals surface area contributed by atoms with E-state index >= 15 is 0 Å². The minimum atomic E-state index is -4.23. The summed E-state index contributed by atoms with van der Waals surface area (Å²) in [6.45, 7) is 4.67. The van der Waals surface area contributed by atoms with E-state index in [2.05, 4.69) is 15.6 Å². The fourth-order valence-corrected chi connectivity index (χ4v) is 3.09. The van der Waals surface area contributed by atoms with Crippen LogP contribution in [0.1, 0.15) is 19.4 Å². The smallest absolute Gasteiger partial charge is 0.347 e. The molecule has 9 heteroatoms. The molecule has 1 aliphatic heterocycles. The second-order valence-electron chi connectivity index (χ2n) is 6.74. The monoisotopic (exact) mass is 399 g/mol. The number of alkyl halides is 3. The number of amides is 1. The number of piperazine rings is 1. The molecule has 1 aliphatic rings. The van der Waals surface area contributed by atoms with E-state index in [0.717, 1.165) is 17.7 Å². The van der Waals surface area contributed by atoms with Gasteiger partial charge in [0.15, 0.2) is 5.96 Å². The highest BCUT2D eigenvalue weighted by Crippen LogP contribution is 2.25. The molecule has 2 rings (SSSR count). The maximum atomic E-state index is 12.9. The number of guanidine groups is 1. The predicted octanol–water partition coefficient (Wildman–Crippen LogP) is 2.33. The van der Waals surface area contributed by atoms with Gasteiger partial charge in [-0.2, -0.15) is 13.2 Å². The van der Waals surface area contributed by atoms with Crippen molar-refractivity contribution in [1.29, 1.82) is 0 Å². The van der Waals surface area contributed by atoms with Gasteiger partial charge >= 0.3 is 6.18 Å². The van der Waals surface area contributed by atoms with Crippen LogP contribution in [0.4, 0.5) is 18.9 Å². The van der Waals surface area contributed by atoms with Gasteiger partial charge in [0.2, 0.25) is 5.91 Å². The van der Waals surface area contributed by atoms with E-state index in [1.54, 1.807) is 7.05 Å². The van der Waals surface area contributed by atoms with Crippen LogP contribution in [-0.4, -0.2) is 73.7 Å². The second kappa shape index (κ2) is 9.77. The van der Waals surface area contributed by atoms with E-state index in [1.807, 2.05) is 36.1 Å². The summed E-state index contributed by atoms with van der Waals surface area (Å²) in [5.41, 5.74) is 1.86. The van der Waals surface area contributed by atoms with Gasteiger partial charge in [-0.15, -0.1) is 0 Å². The Kier molecular flexibility index (Phi) is 7.68. The van der Waals surface area contributed by atoms with Gasteiger partial charge in [-0.3, -0.25) is 14.7 Å². The molecule has 0 aromatic heterocycles. The normalized spacial score (nSPS) is 17.4. The lowest BCUT2D eigenvalue weighted by Gasteiger charge is -2.39. The SMILES string of the molecule is CCc1cccc(NC(=O)CNC(=NC)N2CCN(C(C)C(F)(F)F)CC2)c1. The summed E-state index contributed by atoms with van der Waals surface area (Å²) >= 11 is 0. The molecule has 1 saturated heterocycles. The Balaban J connectivity index is 1.82. The first-order valence-corrected chi connectivity index (χ1v) is 9.39. The van der Waals surface area contributed by atoms with Crippen molar-refractivity contribution in [2.75, 3.05) is 45.1 Å². The number of halogens is 3. The number of carbonyl (C=O) groups excluding carboxylic acids is 1. The second-order valence-corrected chi connectivity index (χ2v) is 6.74. The molecule has 1 atom stereocenters. The van der Waals surface area contributed by atoms with Gasteiger partial charge in [0.1, 0.15) is 6.04 Å². The van der Waals surface area contributed by atoms with Gasteiger partial charge in [-0.1, -0.05) is 19.1 Å². The molecule has 28 heavy (non-hydrogen) atoms. The molecule has 156 valence electrons. The van der Waals surface area contributed by atoms with Gasteiger partial charge < -0.3 is 15.5 Å². The number of nitrogens with one attached hydrogen (secondary N) is 2. The number of rotatable bonds is 5. The average Bonchev–Trinajstić information content (AvgIpc) is 2.67. The molecule has 1 fully saturated rings. The molecule has 1 aromatic rings. The van der Waals surface area contributed by atoms with Crippen LogP contribution in [0.25, 0.3) is 0 Å². The number of hydrogen-bond donors (Lipinski definition) is 2. The number of hydrogen-bond acceptors (Lipinski definition) is 3. The van der Waals surface area contributed by atoms with Gasteiger partial charge in [0.25, 0.3) is 0 Å². The van der Waals surface area contributed by atoms with Crippen molar-refractivity contribution in [3.63, 3.8) is 0 Å². The third-order valence-corrected chi connectivity index (χ3v) is 4.87. The molecule has 0 saturated carbocycles. The highest BCUT2D eigenvalue weighted by atomic mass is 19.4. The first-order valence-electron chi connectivity index (χ1n) is 9.39. The number of aliphatic imine (C=N–C) groups is 1. The molecule has 2 N–H and O–H groups in total. The van der Waals surface area contributed by atoms with E-state index in [9.17, 15) is 18.0 Å². The number of benzene rings is 1. The number of anilines is 1. The highest BCUT2D eigenvalue weighted by molar-refractivity contribution is 5.95. The lowest BCUT2D eigenvalue weighted by molar-refractivity contribution is -0.181. The van der Waals surface area contributed by atoms with Crippen LogP contribution in [0.2, 0.25) is 0 Å². The van der Waals surface area contributed by atoms with Crippen molar-refractivity contribution in [3.8, 4) is 0 Å². The summed E-state index contributed by atoms with van der Waals surface area (Å²) < 4.78 is 38.6. The summed E-state index contributed by atoms with van der Waals surface area (Å²) in [5.74, 6) is 0.301. The fourth-order valence-electron chi connectivity index (χ4n) is 3.09. The van der Waals surface area contributed by atoms with Crippen LogP contribution in [0.15, 0.2) is 29.3 Å². The lowest BCUT2D eigenvalue weighted by Crippen LogP contribution is -2.57. The van der Waals surface area contributed by atoms with Crippen molar-refractivity contribution in [1.82, 2.24) is 15.1 Å². The van der Waals surface area contributed by atoms with Crippen LogP contribution in [0.5, 0.6) is 0 Å². The molecule has 1 unspecified atom stereocenters. The van der Waals surface area contributed by atoms with Gasteiger partial charge in [0.05, 0.1) is 6.54 Å². The van der Waals surface area contributed by atoms with Crippen molar-refractivity contribution in [3.05, 3.63) is 29.8 Å². The zero-order valence-corrected chi connectivity index (χ0v) is 16.5. The Hall–Kier alpha value is -2.29. The molecule has 0 spiro atoms. The maximum absolute atomic E-state index is 12.9. The minimum absolute atomic E-state index is 0.0300. The van der Waals surface area contributed by atoms with Crippen LogP contribution in [0, 0.1) is 0 Å². The molecular weight excluding hydrogens is 371 g/mol. The predicted molar refractivity (Wildman–Crippen MR) is 104 cm³/mol. The van der Waals surface area contributed by atoms with Crippen molar-refractivity contribution in [2.45, 2.75) is 32.5 Å². The molecule has 0 radical (unpaired) electrons. The number of carbonyl (C=O) groups is 1. The van der Waals surface area contributed by atoms with Crippen LogP contribution >= 0.6 is 0 Å². The summed E-state index contributed by atoms with van der Waals surface area (Å²) in [7, 11) is 1.59. The number of aryl methyl sites for hydroxylation is 1. The zero-order chi connectivity index (χ0) is 20.7. The van der Waals surface area contributed by atoms with Crippen molar-refractivity contribution in [2.24, 2.45) is 4.99 Å². The Morgan fingerprint density at radius 2 is 1.93 bits per heavy atom. The Bertz CT molecular complexity index is 684.